The SMILES string of the molecule is O=[N+]([O-])c1ccccc1C(O)(c1ccccc1Cl)C(F)(F)F. The average molecular weight is 332 g/mol. The number of hydrogen-bond acceptors (Lipinski definition) is 3. The van der Waals surface area contributed by atoms with E-state index >= 15 is 0 Å². The predicted molar refractivity (Wildman–Crippen MR) is 73.6 cm³/mol. The van der Waals surface area contributed by atoms with E-state index in [2.05, 4.69) is 0 Å². The summed E-state index contributed by atoms with van der Waals surface area (Å²) in [5.74, 6) is 0. The lowest BCUT2D eigenvalue weighted by Gasteiger charge is -2.31. The van der Waals surface area contributed by atoms with Crippen molar-refractivity contribution in [2.45, 2.75) is 11.8 Å². The molecular formula is C14H9ClF3NO3. The zero-order chi connectivity index (χ0) is 16.5. The standard InChI is InChI=1S/C14H9ClF3NO3/c15-11-7-3-1-5-9(11)13(20,14(16,17)18)10-6-2-4-8-12(10)19(21)22/h1-8,20H. The predicted octanol–water partition coefficient (Wildman–Crippen LogP) is 4.05. The summed E-state index contributed by atoms with van der Waals surface area (Å²) in [4.78, 5) is 10.0. The average Bonchev–Trinajstić information content (AvgIpc) is 2.45. The molecular weight excluding hydrogens is 323 g/mol. The van der Waals surface area contributed by atoms with Gasteiger partial charge in [0.1, 0.15) is 0 Å². The van der Waals surface area contributed by atoms with E-state index in [1.807, 2.05) is 0 Å². The van der Waals surface area contributed by atoms with Crippen LogP contribution in [0.3, 0.4) is 0 Å². The van der Waals surface area contributed by atoms with Crippen LogP contribution in [-0.4, -0.2) is 16.2 Å². The van der Waals surface area contributed by atoms with Gasteiger partial charge >= 0.3 is 6.18 Å². The number of alkyl halides is 3. The molecule has 0 aliphatic heterocycles. The number of nitro groups is 1. The van der Waals surface area contributed by atoms with Crippen LogP contribution in [0.5, 0.6) is 0 Å². The van der Waals surface area contributed by atoms with Crippen LogP contribution in [0.2, 0.25) is 5.02 Å². The molecule has 2 aromatic carbocycles. The molecule has 2 rings (SSSR count). The Kier molecular flexibility index (Phi) is 4.12. The van der Waals surface area contributed by atoms with Gasteiger partial charge in [-0.1, -0.05) is 41.9 Å². The van der Waals surface area contributed by atoms with Crippen molar-refractivity contribution in [2.75, 3.05) is 0 Å². The number of hydrogen-bond donors (Lipinski definition) is 1. The third kappa shape index (κ3) is 2.53. The molecule has 0 aliphatic carbocycles. The third-order valence-corrected chi connectivity index (χ3v) is 3.49. The summed E-state index contributed by atoms with van der Waals surface area (Å²) in [5, 5.41) is 21.0. The highest BCUT2D eigenvalue weighted by atomic mass is 35.5. The van der Waals surface area contributed by atoms with E-state index in [0.29, 0.717) is 0 Å². The Morgan fingerprint density at radius 3 is 2.00 bits per heavy atom. The number of para-hydroxylation sites is 1. The number of halogens is 4. The molecule has 0 radical (unpaired) electrons. The lowest BCUT2D eigenvalue weighted by Crippen LogP contribution is -2.44. The quantitative estimate of drug-likeness (QED) is 0.681. The molecule has 0 saturated carbocycles. The van der Waals surface area contributed by atoms with Crippen molar-refractivity contribution in [3.8, 4) is 0 Å². The van der Waals surface area contributed by atoms with Gasteiger partial charge in [-0.2, -0.15) is 13.2 Å². The highest BCUT2D eigenvalue weighted by Gasteiger charge is 2.59. The number of benzene rings is 2. The molecule has 2 aromatic rings. The van der Waals surface area contributed by atoms with Gasteiger partial charge < -0.3 is 5.11 Å². The van der Waals surface area contributed by atoms with Crippen molar-refractivity contribution < 1.29 is 23.2 Å². The van der Waals surface area contributed by atoms with Crippen LogP contribution in [0.15, 0.2) is 48.5 Å². The molecule has 0 aromatic heterocycles. The summed E-state index contributed by atoms with van der Waals surface area (Å²) >= 11 is 5.77. The number of nitrogens with zero attached hydrogens (tertiary/aromatic N) is 1. The van der Waals surface area contributed by atoms with Crippen LogP contribution in [0, 0.1) is 10.1 Å². The summed E-state index contributed by atoms with van der Waals surface area (Å²) in [6.07, 6.45) is -5.20. The van der Waals surface area contributed by atoms with Gasteiger partial charge in [-0.25, -0.2) is 0 Å². The van der Waals surface area contributed by atoms with Gasteiger partial charge in [-0.05, 0) is 12.1 Å². The van der Waals surface area contributed by atoms with E-state index in [-0.39, 0.29) is 5.02 Å². The Bertz CT molecular complexity index is 720. The van der Waals surface area contributed by atoms with Crippen LogP contribution in [0.25, 0.3) is 0 Å². The van der Waals surface area contributed by atoms with Gasteiger partial charge in [0.05, 0.1) is 10.5 Å². The fraction of sp³-hybridized carbons (Fsp3) is 0.143. The molecule has 1 N–H and O–H groups in total. The van der Waals surface area contributed by atoms with E-state index in [0.717, 1.165) is 18.2 Å². The maximum absolute atomic E-state index is 13.6. The van der Waals surface area contributed by atoms with Crippen LogP contribution < -0.4 is 0 Å². The minimum Gasteiger partial charge on any atom is -0.372 e. The second-order valence-corrected chi connectivity index (χ2v) is 4.87. The van der Waals surface area contributed by atoms with Crippen molar-refractivity contribution in [2.24, 2.45) is 0 Å². The summed E-state index contributed by atoms with van der Waals surface area (Å²) in [7, 11) is 0. The van der Waals surface area contributed by atoms with Crippen LogP contribution >= 0.6 is 11.6 Å². The first kappa shape index (κ1) is 16.3. The zero-order valence-corrected chi connectivity index (χ0v) is 11.6. The molecule has 1 unspecified atom stereocenters. The first-order chi connectivity index (χ1) is 10.2. The van der Waals surface area contributed by atoms with Gasteiger partial charge in [-0.15, -0.1) is 0 Å². The van der Waals surface area contributed by atoms with E-state index in [9.17, 15) is 28.4 Å². The van der Waals surface area contributed by atoms with Gasteiger partial charge in [0.2, 0.25) is 5.60 Å². The van der Waals surface area contributed by atoms with Crippen molar-refractivity contribution in [3.63, 3.8) is 0 Å². The smallest absolute Gasteiger partial charge is 0.372 e. The molecule has 4 nitrogen and oxygen atoms in total. The Hall–Kier alpha value is -2.12. The largest absolute Gasteiger partial charge is 0.426 e. The van der Waals surface area contributed by atoms with Crippen molar-refractivity contribution in [3.05, 3.63) is 74.8 Å². The monoisotopic (exact) mass is 331 g/mol. The molecule has 0 fully saturated rings. The van der Waals surface area contributed by atoms with Crippen LogP contribution in [-0.2, 0) is 5.60 Å². The van der Waals surface area contributed by atoms with E-state index in [1.165, 1.54) is 30.3 Å². The van der Waals surface area contributed by atoms with E-state index < -0.39 is 33.5 Å². The van der Waals surface area contributed by atoms with E-state index in [1.54, 1.807) is 0 Å². The summed E-state index contributed by atoms with van der Waals surface area (Å²) < 4.78 is 40.7. The first-order valence-electron chi connectivity index (χ1n) is 5.97. The molecule has 116 valence electrons. The van der Waals surface area contributed by atoms with Gasteiger partial charge in [0.25, 0.3) is 5.69 Å². The molecule has 0 heterocycles. The summed E-state index contributed by atoms with van der Waals surface area (Å²) in [5.41, 5.74) is -5.99. The fourth-order valence-corrected chi connectivity index (χ4v) is 2.42. The fourth-order valence-electron chi connectivity index (χ4n) is 2.14. The van der Waals surface area contributed by atoms with Crippen molar-refractivity contribution in [1.82, 2.24) is 0 Å². The molecule has 0 bridgehead atoms. The topological polar surface area (TPSA) is 63.4 Å². The Labute approximate surface area is 127 Å². The van der Waals surface area contributed by atoms with Crippen molar-refractivity contribution >= 4 is 17.3 Å². The lowest BCUT2D eigenvalue weighted by atomic mass is 9.84. The van der Waals surface area contributed by atoms with Crippen molar-refractivity contribution in [1.29, 1.82) is 0 Å². The number of aliphatic hydroxyl groups is 1. The molecule has 1 atom stereocenters. The highest BCUT2D eigenvalue weighted by Crippen LogP contribution is 2.48. The molecule has 0 aliphatic rings. The number of rotatable bonds is 3. The molecule has 22 heavy (non-hydrogen) atoms. The normalized spacial score (nSPS) is 14.4. The van der Waals surface area contributed by atoms with E-state index in [4.69, 9.17) is 11.6 Å². The maximum Gasteiger partial charge on any atom is 0.426 e. The minimum absolute atomic E-state index is 0.347. The van der Waals surface area contributed by atoms with Crippen LogP contribution in [0.1, 0.15) is 11.1 Å². The third-order valence-electron chi connectivity index (χ3n) is 3.16. The lowest BCUT2D eigenvalue weighted by molar-refractivity contribution is -0.388. The van der Waals surface area contributed by atoms with Crippen LogP contribution in [0.4, 0.5) is 18.9 Å². The molecule has 0 spiro atoms. The molecule has 0 saturated heterocycles. The van der Waals surface area contributed by atoms with Gasteiger partial charge in [0.15, 0.2) is 0 Å². The second kappa shape index (κ2) is 5.58. The Morgan fingerprint density at radius 2 is 1.50 bits per heavy atom. The Balaban J connectivity index is 2.84. The highest BCUT2D eigenvalue weighted by molar-refractivity contribution is 6.31. The zero-order valence-electron chi connectivity index (χ0n) is 10.8. The molecule has 0 amide bonds. The molecule has 8 heteroatoms. The van der Waals surface area contributed by atoms with Gasteiger partial charge in [0, 0.05) is 16.7 Å². The summed E-state index contributed by atoms with van der Waals surface area (Å²) in [6.45, 7) is 0. The minimum atomic E-state index is -5.20. The number of nitro benzene ring substituents is 1. The summed E-state index contributed by atoms with van der Waals surface area (Å²) in [6, 6.07) is 8.93. The first-order valence-corrected chi connectivity index (χ1v) is 6.35. The van der Waals surface area contributed by atoms with Gasteiger partial charge in [-0.3, -0.25) is 10.1 Å². The second-order valence-electron chi connectivity index (χ2n) is 4.46. The maximum atomic E-state index is 13.6. The Morgan fingerprint density at radius 1 is 1.00 bits per heavy atom.